The molecule has 1 atom stereocenters. The third-order valence-corrected chi connectivity index (χ3v) is 3.85. The van der Waals surface area contributed by atoms with Crippen molar-refractivity contribution >= 4 is 17.7 Å². The summed E-state index contributed by atoms with van der Waals surface area (Å²) < 4.78 is 41.6. The summed E-state index contributed by atoms with van der Waals surface area (Å²) in [7, 11) is 3.28. The van der Waals surface area contributed by atoms with E-state index in [0.29, 0.717) is 10.8 Å². The van der Waals surface area contributed by atoms with Crippen molar-refractivity contribution in [1.82, 2.24) is 25.1 Å². The van der Waals surface area contributed by atoms with Crippen molar-refractivity contribution in [3.05, 3.63) is 24.3 Å². The predicted molar refractivity (Wildman–Crippen MR) is 79.9 cm³/mol. The molecule has 0 aliphatic carbocycles. The Morgan fingerprint density at radius 1 is 1.29 bits per heavy atom. The molecule has 0 aliphatic rings. The van der Waals surface area contributed by atoms with Crippen LogP contribution in [0.15, 0.2) is 29.4 Å². The van der Waals surface area contributed by atoms with Crippen LogP contribution in [0.5, 0.6) is 5.75 Å². The van der Waals surface area contributed by atoms with Crippen molar-refractivity contribution in [2.45, 2.75) is 23.7 Å². The van der Waals surface area contributed by atoms with E-state index in [1.54, 1.807) is 21.0 Å². The van der Waals surface area contributed by atoms with E-state index in [4.69, 9.17) is 0 Å². The molecule has 1 aromatic carbocycles. The monoisotopic (exact) mass is 361 g/mol. The molecule has 0 bridgehead atoms. The van der Waals surface area contributed by atoms with Crippen LogP contribution in [0.1, 0.15) is 6.92 Å². The second-order valence-corrected chi connectivity index (χ2v) is 6.22. The molecule has 1 amide bonds. The number of carbonyl (C=O) groups excluding carboxylic acids is 1. The van der Waals surface area contributed by atoms with Crippen LogP contribution < -0.4 is 4.74 Å². The van der Waals surface area contributed by atoms with E-state index in [9.17, 15) is 18.0 Å². The molecule has 1 heterocycles. The maximum absolute atomic E-state index is 12.2. The minimum Gasteiger partial charge on any atom is -0.406 e. The third-order valence-electron chi connectivity index (χ3n) is 2.83. The number of aromatic nitrogens is 4. The number of carbonyl (C=O) groups is 1. The first-order valence-corrected chi connectivity index (χ1v) is 7.58. The summed E-state index contributed by atoms with van der Waals surface area (Å²) in [4.78, 5) is 13.4. The summed E-state index contributed by atoms with van der Waals surface area (Å²) in [5.41, 5.74) is 0.446. The lowest BCUT2D eigenvalue weighted by molar-refractivity contribution is -0.274. The number of thioether (sulfide) groups is 1. The van der Waals surface area contributed by atoms with Gasteiger partial charge >= 0.3 is 6.36 Å². The van der Waals surface area contributed by atoms with E-state index in [0.717, 1.165) is 23.9 Å². The van der Waals surface area contributed by atoms with Gasteiger partial charge in [0.2, 0.25) is 11.1 Å². The topological polar surface area (TPSA) is 73.1 Å². The number of hydrogen-bond donors (Lipinski definition) is 0. The molecular formula is C13H14F3N5O2S. The molecule has 0 spiro atoms. The van der Waals surface area contributed by atoms with Gasteiger partial charge in [-0.05, 0) is 41.6 Å². The SMILES string of the molecule is C[C@H](Sc1nnnn1-c1ccc(OC(F)(F)F)cc1)C(=O)N(C)C. The summed E-state index contributed by atoms with van der Waals surface area (Å²) in [5, 5.41) is 11.1. The van der Waals surface area contributed by atoms with E-state index >= 15 is 0 Å². The minimum atomic E-state index is -4.75. The molecule has 0 radical (unpaired) electrons. The predicted octanol–water partition coefficient (Wildman–Crippen LogP) is 2.13. The number of nitrogens with zero attached hydrogens (tertiary/aromatic N) is 5. The van der Waals surface area contributed by atoms with E-state index in [-0.39, 0.29) is 11.7 Å². The van der Waals surface area contributed by atoms with Gasteiger partial charge in [0, 0.05) is 14.1 Å². The first-order chi connectivity index (χ1) is 11.2. The van der Waals surface area contributed by atoms with Gasteiger partial charge in [-0.1, -0.05) is 11.8 Å². The molecule has 0 N–H and O–H groups in total. The van der Waals surface area contributed by atoms with Crippen molar-refractivity contribution in [2.75, 3.05) is 14.1 Å². The van der Waals surface area contributed by atoms with E-state index in [1.807, 2.05) is 0 Å². The molecule has 11 heteroatoms. The number of hydrogen-bond acceptors (Lipinski definition) is 6. The van der Waals surface area contributed by atoms with Gasteiger partial charge in [0.25, 0.3) is 0 Å². The zero-order chi connectivity index (χ0) is 17.9. The van der Waals surface area contributed by atoms with Crippen molar-refractivity contribution in [3.8, 4) is 11.4 Å². The van der Waals surface area contributed by atoms with E-state index < -0.39 is 11.6 Å². The Kier molecular flexibility index (Phi) is 5.32. The van der Waals surface area contributed by atoms with Crippen molar-refractivity contribution in [3.63, 3.8) is 0 Å². The largest absolute Gasteiger partial charge is 0.573 e. The third kappa shape index (κ3) is 4.60. The summed E-state index contributed by atoms with van der Waals surface area (Å²) in [6, 6.07) is 5.10. The first-order valence-electron chi connectivity index (χ1n) is 6.70. The number of benzene rings is 1. The van der Waals surface area contributed by atoms with Crippen molar-refractivity contribution < 1.29 is 22.7 Å². The van der Waals surface area contributed by atoms with Gasteiger partial charge < -0.3 is 9.64 Å². The average Bonchev–Trinajstić information content (AvgIpc) is 2.93. The number of ether oxygens (including phenoxy) is 1. The van der Waals surface area contributed by atoms with Gasteiger partial charge in [-0.25, -0.2) is 0 Å². The molecule has 2 rings (SSSR count). The number of alkyl halides is 3. The van der Waals surface area contributed by atoms with Gasteiger partial charge in [-0.3, -0.25) is 4.79 Å². The molecular weight excluding hydrogens is 347 g/mol. The Hall–Kier alpha value is -2.30. The van der Waals surface area contributed by atoms with Crippen molar-refractivity contribution in [1.29, 1.82) is 0 Å². The number of halogens is 3. The highest BCUT2D eigenvalue weighted by Gasteiger charge is 2.31. The highest BCUT2D eigenvalue weighted by molar-refractivity contribution is 8.00. The summed E-state index contributed by atoms with van der Waals surface area (Å²) >= 11 is 1.15. The molecule has 0 saturated heterocycles. The quantitative estimate of drug-likeness (QED) is 0.760. The second kappa shape index (κ2) is 7.07. The summed E-state index contributed by atoms with van der Waals surface area (Å²) in [5.74, 6) is -0.451. The van der Waals surface area contributed by atoms with Gasteiger partial charge in [0.1, 0.15) is 5.75 Å². The Balaban J connectivity index is 2.16. The van der Waals surface area contributed by atoms with Crippen LogP contribution in [-0.2, 0) is 4.79 Å². The molecule has 0 saturated carbocycles. The molecule has 130 valence electrons. The van der Waals surface area contributed by atoms with Crippen molar-refractivity contribution in [2.24, 2.45) is 0 Å². The van der Waals surface area contributed by atoms with Crippen LogP contribution in [0.3, 0.4) is 0 Å². The average molecular weight is 361 g/mol. The fraction of sp³-hybridized carbons (Fsp3) is 0.385. The lowest BCUT2D eigenvalue weighted by atomic mass is 10.3. The van der Waals surface area contributed by atoms with Gasteiger partial charge in [-0.15, -0.1) is 18.3 Å². The number of tetrazole rings is 1. The highest BCUT2D eigenvalue weighted by Crippen LogP contribution is 2.26. The van der Waals surface area contributed by atoms with Crippen LogP contribution >= 0.6 is 11.8 Å². The zero-order valence-electron chi connectivity index (χ0n) is 13.0. The van der Waals surface area contributed by atoms with Gasteiger partial charge in [0.05, 0.1) is 10.9 Å². The van der Waals surface area contributed by atoms with Crippen LogP contribution in [0.25, 0.3) is 5.69 Å². The van der Waals surface area contributed by atoms with E-state index in [2.05, 4.69) is 20.3 Å². The Labute approximate surface area is 139 Å². The molecule has 0 aliphatic heterocycles. The molecule has 7 nitrogen and oxygen atoms in total. The molecule has 2 aromatic rings. The summed E-state index contributed by atoms with van der Waals surface area (Å²) in [6.07, 6.45) is -4.75. The second-order valence-electron chi connectivity index (χ2n) is 4.91. The normalized spacial score (nSPS) is 12.8. The maximum Gasteiger partial charge on any atom is 0.573 e. The Morgan fingerprint density at radius 3 is 2.46 bits per heavy atom. The fourth-order valence-corrected chi connectivity index (χ4v) is 2.73. The van der Waals surface area contributed by atoms with Crippen LogP contribution in [0, 0.1) is 0 Å². The lowest BCUT2D eigenvalue weighted by Gasteiger charge is -2.15. The Bertz CT molecular complexity index is 702. The van der Waals surface area contributed by atoms with Crippen LogP contribution in [0.2, 0.25) is 0 Å². The minimum absolute atomic E-state index is 0.108. The van der Waals surface area contributed by atoms with Gasteiger partial charge in [-0.2, -0.15) is 4.68 Å². The van der Waals surface area contributed by atoms with Crippen LogP contribution in [-0.4, -0.2) is 56.7 Å². The lowest BCUT2D eigenvalue weighted by Crippen LogP contribution is -2.29. The zero-order valence-corrected chi connectivity index (χ0v) is 13.8. The standard InChI is InChI=1S/C13H14F3N5O2S/c1-8(11(22)20(2)3)24-12-17-18-19-21(12)9-4-6-10(7-5-9)23-13(14,15)16/h4-8H,1-3H3/t8-/m0/s1. The smallest absolute Gasteiger partial charge is 0.406 e. The summed E-state index contributed by atoms with van der Waals surface area (Å²) in [6.45, 7) is 1.71. The maximum atomic E-state index is 12.2. The van der Waals surface area contributed by atoms with Gasteiger partial charge in [0.15, 0.2) is 0 Å². The van der Waals surface area contributed by atoms with Crippen LogP contribution in [0.4, 0.5) is 13.2 Å². The molecule has 0 fully saturated rings. The molecule has 24 heavy (non-hydrogen) atoms. The number of amides is 1. The first kappa shape index (κ1) is 18.0. The number of rotatable bonds is 5. The fourth-order valence-electron chi connectivity index (χ4n) is 1.78. The molecule has 0 unspecified atom stereocenters. The van der Waals surface area contributed by atoms with E-state index in [1.165, 1.54) is 21.7 Å². The molecule has 1 aromatic heterocycles. The highest BCUT2D eigenvalue weighted by atomic mass is 32.2. The Morgan fingerprint density at radius 2 is 1.92 bits per heavy atom.